The van der Waals surface area contributed by atoms with Crippen LogP contribution >= 0.6 is 24.0 Å². The van der Waals surface area contributed by atoms with Gasteiger partial charge in [0, 0.05) is 25.4 Å². The molecule has 0 aromatic heterocycles. The number of rotatable bonds is 6. The summed E-state index contributed by atoms with van der Waals surface area (Å²) in [4.78, 5) is 14.3. The first-order valence-corrected chi connectivity index (χ1v) is 10.3. The molecule has 3 rings (SSSR count). The van der Waals surface area contributed by atoms with Gasteiger partial charge in [-0.25, -0.2) is 0 Å². The number of hydrazine groups is 1. The molecule has 27 heavy (non-hydrogen) atoms. The molecule has 1 fully saturated rings. The lowest BCUT2D eigenvalue weighted by atomic mass is 9.94. The number of hydrogen-bond donors (Lipinski definition) is 3. The Hall–Kier alpha value is -2.09. The second kappa shape index (κ2) is 9.73. The first kappa shape index (κ1) is 19.7. The minimum absolute atomic E-state index is 0.0706. The molecule has 1 aliphatic heterocycles. The van der Waals surface area contributed by atoms with Gasteiger partial charge in [-0.15, -0.1) is 11.8 Å². The Bertz CT molecular complexity index is 712. The van der Waals surface area contributed by atoms with Crippen molar-refractivity contribution in [3.8, 4) is 0 Å². The van der Waals surface area contributed by atoms with Crippen molar-refractivity contribution >= 4 is 35.0 Å². The minimum Gasteiger partial charge on any atom is -0.364 e. The molecular weight excluding hydrogens is 376 g/mol. The van der Waals surface area contributed by atoms with Crippen LogP contribution in [0.15, 0.2) is 60.7 Å². The number of thioether (sulfide) groups is 1. The lowest BCUT2D eigenvalue weighted by molar-refractivity contribution is -0.119. The summed E-state index contributed by atoms with van der Waals surface area (Å²) in [6.45, 7) is 1.93. The highest BCUT2D eigenvalue weighted by atomic mass is 32.2. The van der Waals surface area contributed by atoms with E-state index < -0.39 is 0 Å². The van der Waals surface area contributed by atoms with Crippen LogP contribution in [-0.4, -0.2) is 47.1 Å². The molecule has 1 amide bonds. The molecule has 0 radical (unpaired) electrons. The summed E-state index contributed by atoms with van der Waals surface area (Å²) < 4.78 is 0. The summed E-state index contributed by atoms with van der Waals surface area (Å²) >= 11 is 6.61. The van der Waals surface area contributed by atoms with Crippen LogP contribution in [0.3, 0.4) is 0 Å². The summed E-state index contributed by atoms with van der Waals surface area (Å²) in [5.74, 6) is 0.345. The van der Waals surface area contributed by atoms with Gasteiger partial charge in [0.1, 0.15) is 0 Å². The number of likely N-dealkylation sites (tertiary alicyclic amines) is 1. The molecule has 7 heteroatoms. The van der Waals surface area contributed by atoms with Crippen molar-refractivity contribution in [2.24, 2.45) is 0 Å². The quantitative estimate of drug-likeness (QED) is 0.511. The molecule has 5 nitrogen and oxygen atoms in total. The molecule has 0 bridgehead atoms. The summed E-state index contributed by atoms with van der Waals surface area (Å²) in [5.41, 5.74) is 7.86. The zero-order valence-electron chi connectivity index (χ0n) is 15.2. The predicted octanol–water partition coefficient (Wildman–Crippen LogP) is 2.32. The predicted molar refractivity (Wildman–Crippen MR) is 115 cm³/mol. The number of carbonyl (C=O) groups excluding carboxylic acids is 1. The van der Waals surface area contributed by atoms with Gasteiger partial charge in [-0.1, -0.05) is 60.7 Å². The average molecular weight is 401 g/mol. The third kappa shape index (κ3) is 5.45. The Kier molecular flexibility index (Phi) is 7.09. The second-order valence-corrected chi connectivity index (χ2v) is 8.06. The van der Waals surface area contributed by atoms with E-state index in [0.717, 1.165) is 13.1 Å². The van der Waals surface area contributed by atoms with Crippen molar-refractivity contribution < 1.29 is 4.79 Å². The third-order valence-electron chi connectivity index (χ3n) is 4.46. The fraction of sp³-hybridized carbons (Fsp3) is 0.300. The normalized spacial score (nSPS) is 14.4. The summed E-state index contributed by atoms with van der Waals surface area (Å²) in [5, 5.41) is 3.61. The largest absolute Gasteiger partial charge is 0.364 e. The van der Waals surface area contributed by atoms with Gasteiger partial charge in [0.2, 0.25) is 5.91 Å². The Balaban J connectivity index is 1.53. The van der Waals surface area contributed by atoms with Gasteiger partial charge in [-0.05, 0) is 23.3 Å². The number of carbonyl (C=O) groups is 1. The maximum absolute atomic E-state index is 11.9. The maximum atomic E-state index is 11.9. The van der Waals surface area contributed by atoms with Gasteiger partial charge in [-0.2, -0.15) is 0 Å². The Morgan fingerprint density at radius 1 is 1.07 bits per heavy atom. The second-order valence-electron chi connectivity index (χ2n) is 6.36. The molecular formula is C20H24N4OS2. The van der Waals surface area contributed by atoms with Crippen LogP contribution in [0.1, 0.15) is 17.2 Å². The first-order valence-electron chi connectivity index (χ1n) is 8.89. The molecule has 3 N–H and O–H groups in total. The van der Waals surface area contributed by atoms with E-state index >= 15 is 0 Å². The van der Waals surface area contributed by atoms with Crippen LogP contribution in [0.25, 0.3) is 0 Å². The van der Waals surface area contributed by atoms with Crippen LogP contribution in [-0.2, 0) is 4.79 Å². The van der Waals surface area contributed by atoms with Gasteiger partial charge < -0.3 is 5.32 Å². The molecule has 0 saturated carbocycles. The van der Waals surface area contributed by atoms with E-state index in [1.54, 1.807) is 18.8 Å². The number of nitrogens with zero attached hydrogens (tertiary/aromatic N) is 1. The fourth-order valence-electron chi connectivity index (χ4n) is 3.09. The zero-order chi connectivity index (χ0) is 19.1. The van der Waals surface area contributed by atoms with Crippen LogP contribution in [0, 0.1) is 0 Å². The van der Waals surface area contributed by atoms with E-state index in [1.165, 1.54) is 11.1 Å². The Morgan fingerprint density at radius 2 is 1.63 bits per heavy atom. The Labute approximate surface area is 169 Å². The topological polar surface area (TPSA) is 56.4 Å². The van der Waals surface area contributed by atoms with Crippen molar-refractivity contribution in [3.63, 3.8) is 0 Å². The highest BCUT2D eigenvalue weighted by molar-refractivity contribution is 8.00. The van der Waals surface area contributed by atoms with Gasteiger partial charge in [0.15, 0.2) is 5.11 Å². The van der Waals surface area contributed by atoms with Gasteiger partial charge in [-0.3, -0.25) is 20.5 Å². The van der Waals surface area contributed by atoms with Crippen molar-refractivity contribution in [1.29, 1.82) is 0 Å². The van der Waals surface area contributed by atoms with E-state index in [1.807, 2.05) is 12.1 Å². The van der Waals surface area contributed by atoms with Crippen LogP contribution in [0.4, 0.5) is 0 Å². The molecule has 0 spiro atoms. The van der Waals surface area contributed by atoms with Crippen molar-refractivity contribution in [3.05, 3.63) is 71.8 Å². The van der Waals surface area contributed by atoms with E-state index in [-0.39, 0.29) is 11.9 Å². The smallest absolute Gasteiger partial charge is 0.248 e. The SMILES string of the molecule is CNC(=S)NNC(=O)CSC1CN(C(c2ccccc2)c2ccccc2)C1. The van der Waals surface area contributed by atoms with Gasteiger partial charge in [0.05, 0.1) is 11.8 Å². The number of nitrogens with one attached hydrogen (secondary N) is 3. The van der Waals surface area contributed by atoms with Crippen molar-refractivity contribution in [1.82, 2.24) is 21.1 Å². The molecule has 2 aromatic rings. The summed E-state index contributed by atoms with van der Waals surface area (Å²) in [6.07, 6.45) is 0. The molecule has 0 unspecified atom stereocenters. The highest BCUT2D eigenvalue weighted by Gasteiger charge is 2.34. The number of thiocarbonyl (C=S) groups is 1. The fourth-order valence-corrected chi connectivity index (χ4v) is 4.19. The summed E-state index contributed by atoms with van der Waals surface area (Å²) in [7, 11) is 1.70. The molecule has 0 atom stereocenters. The minimum atomic E-state index is -0.0706. The van der Waals surface area contributed by atoms with Gasteiger partial charge in [0.25, 0.3) is 0 Å². The molecule has 1 heterocycles. The van der Waals surface area contributed by atoms with Gasteiger partial charge >= 0.3 is 0 Å². The zero-order valence-corrected chi connectivity index (χ0v) is 16.9. The lowest BCUT2D eigenvalue weighted by Crippen LogP contribution is -2.52. The standard InChI is InChI=1S/C20H24N4OS2/c1-21-20(26)23-22-18(25)14-27-17-12-24(13-17)19(15-8-4-2-5-9-15)16-10-6-3-7-11-16/h2-11,17,19H,12-14H2,1H3,(H,22,25)(H2,21,23,26). The lowest BCUT2D eigenvalue weighted by Gasteiger charge is -2.44. The van der Waals surface area contributed by atoms with Crippen LogP contribution < -0.4 is 16.2 Å². The Morgan fingerprint density at radius 3 is 2.15 bits per heavy atom. The third-order valence-corrected chi connectivity index (χ3v) is 5.97. The van der Waals surface area contributed by atoms with E-state index in [4.69, 9.17) is 12.2 Å². The first-order chi connectivity index (χ1) is 13.2. The maximum Gasteiger partial charge on any atom is 0.248 e. The molecule has 0 aliphatic carbocycles. The summed E-state index contributed by atoms with van der Waals surface area (Å²) in [6, 6.07) is 21.4. The number of hydrogen-bond acceptors (Lipinski definition) is 4. The highest BCUT2D eigenvalue weighted by Crippen LogP contribution is 2.35. The molecule has 2 aromatic carbocycles. The number of benzene rings is 2. The van der Waals surface area contributed by atoms with E-state index in [9.17, 15) is 4.79 Å². The van der Waals surface area contributed by atoms with Crippen LogP contribution in [0.5, 0.6) is 0 Å². The molecule has 142 valence electrons. The van der Waals surface area contributed by atoms with E-state index in [0.29, 0.717) is 16.1 Å². The monoisotopic (exact) mass is 400 g/mol. The average Bonchev–Trinajstić information content (AvgIpc) is 2.69. The van der Waals surface area contributed by atoms with Crippen LogP contribution in [0.2, 0.25) is 0 Å². The molecule has 1 aliphatic rings. The van der Waals surface area contributed by atoms with E-state index in [2.05, 4.69) is 69.6 Å². The number of amides is 1. The molecule has 1 saturated heterocycles. The van der Waals surface area contributed by atoms with Crippen molar-refractivity contribution in [2.75, 3.05) is 25.9 Å². The van der Waals surface area contributed by atoms with Crippen molar-refractivity contribution in [2.45, 2.75) is 11.3 Å².